The zero-order chi connectivity index (χ0) is 10.8. The van der Waals surface area contributed by atoms with Gasteiger partial charge < -0.3 is 5.11 Å². The highest BCUT2D eigenvalue weighted by Gasteiger charge is 2.13. The van der Waals surface area contributed by atoms with E-state index in [2.05, 4.69) is 0 Å². The third-order valence-electron chi connectivity index (χ3n) is 2.87. The summed E-state index contributed by atoms with van der Waals surface area (Å²) < 4.78 is 12.9. The van der Waals surface area contributed by atoms with Crippen LogP contribution < -0.4 is 0 Å². The summed E-state index contributed by atoms with van der Waals surface area (Å²) in [5.74, 6) is -0.201. The molecule has 0 fully saturated rings. The predicted octanol–water partition coefficient (Wildman–Crippen LogP) is 3.06. The molecule has 1 aromatic carbocycles. The average Bonchev–Trinajstić information content (AvgIpc) is 2.17. The molecule has 0 spiro atoms. The van der Waals surface area contributed by atoms with Gasteiger partial charge in [-0.3, -0.25) is 0 Å². The fourth-order valence-corrected chi connectivity index (χ4v) is 2.11. The van der Waals surface area contributed by atoms with Crippen LogP contribution in [0.4, 0.5) is 4.39 Å². The Hall–Kier alpha value is -1.15. The third kappa shape index (κ3) is 2.26. The molecule has 1 aliphatic carbocycles. The highest BCUT2D eigenvalue weighted by Crippen LogP contribution is 2.29. The van der Waals surface area contributed by atoms with Gasteiger partial charge in [-0.1, -0.05) is 12.1 Å². The van der Waals surface area contributed by atoms with E-state index in [9.17, 15) is 9.50 Å². The van der Waals surface area contributed by atoms with Crippen molar-refractivity contribution in [1.29, 1.82) is 0 Å². The molecule has 1 atom stereocenters. The number of allylic oxidation sites excluding steroid dienone is 1. The van der Waals surface area contributed by atoms with Crippen LogP contribution >= 0.6 is 0 Å². The van der Waals surface area contributed by atoms with Crippen LogP contribution in [0.1, 0.15) is 30.4 Å². The van der Waals surface area contributed by atoms with Crippen molar-refractivity contribution in [3.8, 4) is 0 Å². The molecule has 2 rings (SSSR count). The standard InChI is InChI=1S/C13H15FO/c1-9-7-11(14)5-6-13(9)10-3-2-4-12(15)8-10/h5-8,12,15H,2-4H2,1H3. The van der Waals surface area contributed by atoms with Crippen LogP contribution in [0.5, 0.6) is 0 Å². The Morgan fingerprint density at radius 1 is 1.40 bits per heavy atom. The van der Waals surface area contributed by atoms with Crippen LogP contribution in [0, 0.1) is 12.7 Å². The van der Waals surface area contributed by atoms with Gasteiger partial charge in [-0.15, -0.1) is 0 Å². The maximum absolute atomic E-state index is 12.9. The Morgan fingerprint density at radius 3 is 2.87 bits per heavy atom. The molecule has 2 heteroatoms. The van der Waals surface area contributed by atoms with E-state index in [1.165, 1.54) is 12.1 Å². The molecule has 0 saturated heterocycles. The molecular weight excluding hydrogens is 191 g/mol. The summed E-state index contributed by atoms with van der Waals surface area (Å²) >= 11 is 0. The van der Waals surface area contributed by atoms with Gasteiger partial charge in [0, 0.05) is 0 Å². The Kier molecular flexibility index (Phi) is 2.87. The minimum atomic E-state index is -0.335. The van der Waals surface area contributed by atoms with Crippen molar-refractivity contribution >= 4 is 5.57 Å². The average molecular weight is 206 g/mol. The molecule has 0 radical (unpaired) electrons. The highest BCUT2D eigenvalue weighted by atomic mass is 19.1. The van der Waals surface area contributed by atoms with E-state index in [1.54, 1.807) is 6.07 Å². The van der Waals surface area contributed by atoms with Gasteiger partial charge in [-0.05, 0) is 55.0 Å². The molecule has 0 bridgehead atoms. The molecule has 0 saturated carbocycles. The molecule has 15 heavy (non-hydrogen) atoms. The maximum Gasteiger partial charge on any atom is 0.123 e. The summed E-state index contributed by atoms with van der Waals surface area (Å²) in [5.41, 5.74) is 3.15. The van der Waals surface area contributed by atoms with Gasteiger partial charge in [-0.25, -0.2) is 4.39 Å². The molecule has 1 aliphatic rings. The van der Waals surface area contributed by atoms with Crippen molar-refractivity contribution in [2.45, 2.75) is 32.3 Å². The molecule has 1 unspecified atom stereocenters. The van der Waals surface area contributed by atoms with Crippen molar-refractivity contribution in [3.05, 3.63) is 41.2 Å². The topological polar surface area (TPSA) is 20.2 Å². The lowest BCUT2D eigenvalue weighted by Gasteiger charge is -2.18. The third-order valence-corrected chi connectivity index (χ3v) is 2.87. The zero-order valence-electron chi connectivity index (χ0n) is 8.83. The first-order valence-electron chi connectivity index (χ1n) is 5.32. The van der Waals surface area contributed by atoms with Crippen LogP contribution in [-0.4, -0.2) is 11.2 Å². The summed E-state index contributed by atoms with van der Waals surface area (Å²) in [6.45, 7) is 1.90. The summed E-state index contributed by atoms with van der Waals surface area (Å²) in [4.78, 5) is 0. The highest BCUT2D eigenvalue weighted by molar-refractivity contribution is 5.69. The Balaban J connectivity index is 2.37. The molecule has 0 amide bonds. The van der Waals surface area contributed by atoms with Gasteiger partial charge >= 0.3 is 0 Å². The lowest BCUT2D eigenvalue weighted by atomic mass is 9.90. The minimum absolute atomic E-state index is 0.201. The van der Waals surface area contributed by atoms with Crippen LogP contribution in [0.2, 0.25) is 0 Å². The fourth-order valence-electron chi connectivity index (χ4n) is 2.11. The normalized spacial score (nSPS) is 21.3. The van der Waals surface area contributed by atoms with Crippen molar-refractivity contribution in [2.75, 3.05) is 0 Å². The quantitative estimate of drug-likeness (QED) is 0.748. The SMILES string of the molecule is Cc1cc(F)ccc1C1=CC(O)CCC1. The molecule has 0 aliphatic heterocycles. The molecule has 1 N–H and O–H groups in total. The number of benzene rings is 1. The first kappa shape index (κ1) is 10.4. The Labute approximate surface area is 89.3 Å². The van der Waals surface area contributed by atoms with Gasteiger partial charge in [0.05, 0.1) is 6.10 Å². The Morgan fingerprint density at radius 2 is 2.20 bits per heavy atom. The molecular formula is C13H15FO. The largest absolute Gasteiger partial charge is 0.389 e. The van der Waals surface area contributed by atoms with Gasteiger partial charge in [0.25, 0.3) is 0 Å². The summed E-state index contributed by atoms with van der Waals surface area (Å²) in [7, 11) is 0. The van der Waals surface area contributed by atoms with E-state index < -0.39 is 0 Å². The molecule has 1 nitrogen and oxygen atoms in total. The number of hydrogen-bond acceptors (Lipinski definition) is 1. The number of aliphatic hydroxyl groups is 1. The smallest absolute Gasteiger partial charge is 0.123 e. The molecule has 80 valence electrons. The molecule has 1 aromatic rings. The second kappa shape index (κ2) is 4.15. The first-order valence-corrected chi connectivity index (χ1v) is 5.32. The molecule has 0 aromatic heterocycles. The summed E-state index contributed by atoms with van der Waals surface area (Å²) in [6.07, 6.45) is 4.37. The van der Waals surface area contributed by atoms with Gasteiger partial charge in [0.15, 0.2) is 0 Å². The van der Waals surface area contributed by atoms with E-state index in [-0.39, 0.29) is 11.9 Å². The number of hydrogen-bond donors (Lipinski definition) is 1. The van der Waals surface area contributed by atoms with E-state index in [0.29, 0.717) is 0 Å². The van der Waals surface area contributed by atoms with Crippen LogP contribution in [0.3, 0.4) is 0 Å². The number of halogens is 1. The van der Waals surface area contributed by atoms with Crippen LogP contribution in [0.15, 0.2) is 24.3 Å². The van der Waals surface area contributed by atoms with Crippen molar-refractivity contribution in [2.24, 2.45) is 0 Å². The van der Waals surface area contributed by atoms with Crippen molar-refractivity contribution in [3.63, 3.8) is 0 Å². The van der Waals surface area contributed by atoms with Gasteiger partial charge in [0.2, 0.25) is 0 Å². The minimum Gasteiger partial charge on any atom is -0.389 e. The van der Waals surface area contributed by atoms with E-state index in [0.717, 1.165) is 36.0 Å². The van der Waals surface area contributed by atoms with Crippen molar-refractivity contribution < 1.29 is 9.50 Å². The lowest BCUT2D eigenvalue weighted by molar-refractivity contribution is 0.206. The summed E-state index contributed by atoms with van der Waals surface area (Å²) in [6, 6.07) is 4.82. The number of rotatable bonds is 1. The van der Waals surface area contributed by atoms with Crippen molar-refractivity contribution in [1.82, 2.24) is 0 Å². The number of aliphatic hydroxyl groups excluding tert-OH is 1. The lowest BCUT2D eigenvalue weighted by Crippen LogP contribution is -2.08. The second-order valence-electron chi connectivity index (χ2n) is 4.11. The van der Waals surface area contributed by atoms with Gasteiger partial charge in [-0.2, -0.15) is 0 Å². The Bertz CT molecular complexity index is 396. The number of aryl methyl sites for hydroxylation is 1. The first-order chi connectivity index (χ1) is 7.16. The van der Waals surface area contributed by atoms with Gasteiger partial charge in [0.1, 0.15) is 5.82 Å². The second-order valence-corrected chi connectivity index (χ2v) is 4.11. The summed E-state index contributed by atoms with van der Waals surface area (Å²) in [5, 5.41) is 9.54. The maximum atomic E-state index is 12.9. The van der Waals surface area contributed by atoms with Crippen LogP contribution in [-0.2, 0) is 0 Å². The van der Waals surface area contributed by atoms with E-state index in [1.807, 2.05) is 13.0 Å². The monoisotopic (exact) mass is 206 g/mol. The molecule has 0 heterocycles. The predicted molar refractivity (Wildman–Crippen MR) is 59.0 cm³/mol. The van der Waals surface area contributed by atoms with E-state index >= 15 is 0 Å². The van der Waals surface area contributed by atoms with Crippen LogP contribution in [0.25, 0.3) is 5.57 Å². The fraction of sp³-hybridized carbons (Fsp3) is 0.385. The zero-order valence-corrected chi connectivity index (χ0v) is 8.83. The van der Waals surface area contributed by atoms with E-state index in [4.69, 9.17) is 0 Å².